The van der Waals surface area contributed by atoms with Gasteiger partial charge in [-0.2, -0.15) is 5.21 Å². The van der Waals surface area contributed by atoms with E-state index in [9.17, 15) is 0 Å². The third kappa shape index (κ3) is 9.86. The lowest BCUT2D eigenvalue weighted by Gasteiger charge is -2.07. The quantitative estimate of drug-likeness (QED) is 0.295. The van der Waals surface area contributed by atoms with E-state index >= 15 is 0 Å². The fraction of sp³-hybridized carbons (Fsp3) is 0.696. The van der Waals surface area contributed by atoms with Gasteiger partial charge in [0.15, 0.2) is 0 Å². The molecule has 156 valence electrons. The maximum Gasteiger partial charge on any atom is 0.204 e. The molecule has 1 aromatic carbocycles. The second kappa shape index (κ2) is 15.1. The van der Waals surface area contributed by atoms with Gasteiger partial charge in [0.25, 0.3) is 0 Å². The van der Waals surface area contributed by atoms with E-state index in [-0.39, 0.29) is 0 Å². The fourth-order valence-electron chi connectivity index (χ4n) is 3.57. The highest BCUT2D eigenvalue weighted by Gasteiger charge is 2.02. The molecule has 1 aromatic heterocycles. The number of aromatic amines is 1. The van der Waals surface area contributed by atoms with Crippen molar-refractivity contribution in [3.05, 3.63) is 24.3 Å². The molecule has 0 amide bonds. The van der Waals surface area contributed by atoms with E-state index in [2.05, 4.69) is 45.0 Å². The third-order valence-corrected chi connectivity index (χ3v) is 5.35. The highest BCUT2D eigenvalue weighted by molar-refractivity contribution is 5.58. The Hall–Kier alpha value is -1.91. The second-order valence-corrected chi connectivity index (χ2v) is 7.84. The maximum atomic E-state index is 3.99. The predicted molar refractivity (Wildman–Crippen MR) is 118 cm³/mol. The maximum absolute atomic E-state index is 3.99. The van der Waals surface area contributed by atoms with E-state index in [1.54, 1.807) is 0 Å². The minimum absolute atomic E-state index is 0.638. The first-order valence-electron chi connectivity index (χ1n) is 11.5. The summed E-state index contributed by atoms with van der Waals surface area (Å²) in [6, 6.07) is 8.21. The minimum atomic E-state index is 0.638. The van der Waals surface area contributed by atoms with Crippen LogP contribution in [0.25, 0.3) is 11.4 Å². The molecule has 5 nitrogen and oxygen atoms in total. The molecule has 0 bridgehead atoms. The number of hydrogen-bond donors (Lipinski definition) is 2. The Balaban J connectivity index is 1.36. The van der Waals surface area contributed by atoms with E-state index in [1.165, 1.54) is 89.9 Å². The standard InChI is InChI=1S/C23H39N5/c1-2-3-4-5-6-7-8-9-10-11-12-13-14-15-20-24-22-18-16-21(17-19-22)23-25-27-28-26-23/h16-19,24H,2-15,20H2,1H3,(H,25,26,27,28). The van der Waals surface area contributed by atoms with Gasteiger partial charge in [-0.1, -0.05) is 90.4 Å². The Morgan fingerprint density at radius 1 is 0.714 bits per heavy atom. The molecule has 0 atom stereocenters. The van der Waals surface area contributed by atoms with Crippen LogP contribution in [0, 0.1) is 0 Å². The van der Waals surface area contributed by atoms with Crippen LogP contribution in [0.1, 0.15) is 96.8 Å². The van der Waals surface area contributed by atoms with E-state index < -0.39 is 0 Å². The monoisotopic (exact) mass is 385 g/mol. The van der Waals surface area contributed by atoms with Crippen LogP contribution in [-0.2, 0) is 0 Å². The molecule has 0 saturated carbocycles. The number of H-pyrrole nitrogens is 1. The zero-order valence-electron chi connectivity index (χ0n) is 17.8. The minimum Gasteiger partial charge on any atom is -0.385 e. The van der Waals surface area contributed by atoms with E-state index in [0.29, 0.717) is 5.82 Å². The summed E-state index contributed by atoms with van der Waals surface area (Å²) in [5, 5.41) is 17.6. The van der Waals surface area contributed by atoms with Gasteiger partial charge >= 0.3 is 0 Å². The average Bonchev–Trinajstić information content (AvgIpc) is 3.26. The van der Waals surface area contributed by atoms with Crippen LogP contribution in [0.15, 0.2) is 24.3 Å². The largest absolute Gasteiger partial charge is 0.385 e. The molecule has 2 rings (SSSR count). The zero-order chi connectivity index (χ0) is 19.7. The Kier molecular flexibility index (Phi) is 12.0. The first-order chi connectivity index (χ1) is 13.9. The van der Waals surface area contributed by atoms with E-state index in [4.69, 9.17) is 0 Å². The normalized spacial score (nSPS) is 11.0. The number of hydrogen-bond acceptors (Lipinski definition) is 4. The van der Waals surface area contributed by atoms with Crippen LogP contribution >= 0.6 is 0 Å². The van der Waals surface area contributed by atoms with Crippen molar-refractivity contribution in [2.45, 2.75) is 96.8 Å². The van der Waals surface area contributed by atoms with Gasteiger partial charge in [0.2, 0.25) is 5.82 Å². The third-order valence-electron chi connectivity index (χ3n) is 5.35. The fourth-order valence-corrected chi connectivity index (χ4v) is 3.57. The summed E-state index contributed by atoms with van der Waals surface area (Å²) >= 11 is 0. The van der Waals surface area contributed by atoms with Crippen molar-refractivity contribution >= 4 is 5.69 Å². The zero-order valence-corrected chi connectivity index (χ0v) is 17.8. The van der Waals surface area contributed by atoms with Crippen molar-refractivity contribution in [3.8, 4) is 11.4 Å². The lowest BCUT2D eigenvalue weighted by molar-refractivity contribution is 0.537. The smallest absolute Gasteiger partial charge is 0.204 e. The molecule has 2 aromatic rings. The van der Waals surface area contributed by atoms with Crippen LogP contribution in [0.3, 0.4) is 0 Å². The molecule has 5 heteroatoms. The lowest BCUT2D eigenvalue weighted by atomic mass is 10.0. The van der Waals surface area contributed by atoms with Crippen molar-refractivity contribution in [3.63, 3.8) is 0 Å². The molecule has 0 saturated heterocycles. The summed E-state index contributed by atoms with van der Waals surface area (Å²) in [6.45, 7) is 3.33. The molecule has 0 aliphatic rings. The van der Waals surface area contributed by atoms with Gasteiger partial charge in [-0.05, 0) is 35.9 Å². The van der Waals surface area contributed by atoms with Gasteiger partial charge in [-0.15, -0.1) is 10.2 Å². The van der Waals surface area contributed by atoms with Crippen molar-refractivity contribution in [2.24, 2.45) is 0 Å². The molecule has 0 aliphatic carbocycles. The molecule has 0 aliphatic heterocycles. The van der Waals surface area contributed by atoms with Crippen molar-refractivity contribution in [1.29, 1.82) is 0 Å². The van der Waals surface area contributed by atoms with Gasteiger partial charge in [0.05, 0.1) is 0 Å². The topological polar surface area (TPSA) is 66.5 Å². The summed E-state index contributed by atoms with van der Waals surface area (Å²) in [6.07, 6.45) is 19.6. The van der Waals surface area contributed by atoms with E-state index in [0.717, 1.165) is 17.8 Å². The highest BCUT2D eigenvalue weighted by atomic mass is 15.5. The summed E-state index contributed by atoms with van der Waals surface area (Å²) in [7, 11) is 0. The van der Waals surface area contributed by atoms with Crippen LogP contribution < -0.4 is 5.32 Å². The molecule has 0 spiro atoms. The Morgan fingerprint density at radius 2 is 1.25 bits per heavy atom. The van der Waals surface area contributed by atoms with Crippen LogP contribution in [-0.4, -0.2) is 27.2 Å². The molecule has 28 heavy (non-hydrogen) atoms. The van der Waals surface area contributed by atoms with Crippen LogP contribution in [0.5, 0.6) is 0 Å². The molecule has 0 unspecified atom stereocenters. The van der Waals surface area contributed by atoms with Gasteiger partial charge in [0, 0.05) is 17.8 Å². The Morgan fingerprint density at radius 3 is 1.75 bits per heavy atom. The first kappa shape index (κ1) is 22.4. The molecule has 2 N–H and O–H groups in total. The number of nitrogens with zero attached hydrogens (tertiary/aromatic N) is 3. The Bertz CT molecular complexity index is 580. The van der Waals surface area contributed by atoms with Gasteiger partial charge in [-0.25, -0.2) is 0 Å². The number of benzene rings is 1. The molecular formula is C23H39N5. The predicted octanol–water partition coefficient (Wildman–Crippen LogP) is 6.76. The number of nitrogens with one attached hydrogen (secondary N) is 2. The number of aromatic nitrogens is 4. The molecular weight excluding hydrogens is 346 g/mol. The molecule has 0 fully saturated rings. The number of rotatable bonds is 17. The second-order valence-electron chi connectivity index (χ2n) is 7.84. The number of anilines is 1. The molecule has 0 radical (unpaired) electrons. The summed E-state index contributed by atoms with van der Waals surface area (Å²) < 4.78 is 0. The van der Waals surface area contributed by atoms with Crippen LogP contribution in [0.2, 0.25) is 0 Å². The summed E-state index contributed by atoms with van der Waals surface area (Å²) in [4.78, 5) is 0. The van der Waals surface area contributed by atoms with E-state index in [1.807, 2.05) is 12.1 Å². The van der Waals surface area contributed by atoms with Gasteiger partial charge in [-0.3, -0.25) is 0 Å². The van der Waals surface area contributed by atoms with Crippen molar-refractivity contribution in [2.75, 3.05) is 11.9 Å². The summed E-state index contributed by atoms with van der Waals surface area (Å²) in [5.74, 6) is 0.638. The number of tetrazole rings is 1. The molecule has 1 heterocycles. The Labute approximate surface area is 171 Å². The van der Waals surface area contributed by atoms with Crippen LogP contribution in [0.4, 0.5) is 5.69 Å². The first-order valence-corrected chi connectivity index (χ1v) is 11.5. The van der Waals surface area contributed by atoms with Gasteiger partial charge < -0.3 is 5.32 Å². The summed E-state index contributed by atoms with van der Waals surface area (Å²) in [5.41, 5.74) is 2.14. The van der Waals surface area contributed by atoms with Crippen molar-refractivity contribution < 1.29 is 0 Å². The van der Waals surface area contributed by atoms with Crippen molar-refractivity contribution in [1.82, 2.24) is 20.6 Å². The highest BCUT2D eigenvalue weighted by Crippen LogP contribution is 2.17. The average molecular weight is 386 g/mol. The SMILES string of the molecule is CCCCCCCCCCCCCCCCNc1ccc(-c2nn[nH]n2)cc1. The lowest BCUT2D eigenvalue weighted by Crippen LogP contribution is -2.01. The number of unbranched alkanes of at least 4 members (excludes halogenated alkanes) is 13. The van der Waals surface area contributed by atoms with Gasteiger partial charge in [0.1, 0.15) is 0 Å².